The first kappa shape index (κ1) is 21.6. The lowest BCUT2D eigenvalue weighted by atomic mass is 10.1. The summed E-state index contributed by atoms with van der Waals surface area (Å²) >= 11 is 0. The zero-order valence-corrected chi connectivity index (χ0v) is 16.7. The predicted molar refractivity (Wildman–Crippen MR) is 108 cm³/mol. The third-order valence-corrected chi connectivity index (χ3v) is 4.15. The van der Waals surface area contributed by atoms with Crippen LogP contribution in [-0.2, 0) is 22.6 Å². The summed E-state index contributed by atoms with van der Waals surface area (Å²) in [6.07, 6.45) is 0.0921. The second-order valence-corrected chi connectivity index (χ2v) is 6.32. The smallest absolute Gasteiger partial charge is 0.338 e. The molecule has 0 aromatic heterocycles. The van der Waals surface area contributed by atoms with Crippen LogP contribution in [0.3, 0.4) is 0 Å². The Labute approximate surface area is 166 Å². The molecule has 0 aliphatic carbocycles. The van der Waals surface area contributed by atoms with Crippen molar-refractivity contribution in [2.24, 2.45) is 0 Å². The highest BCUT2D eigenvalue weighted by Crippen LogP contribution is 2.08. The fourth-order valence-electron chi connectivity index (χ4n) is 2.56. The molecular formula is C22H28N2O4. The van der Waals surface area contributed by atoms with Gasteiger partial charge in [-0.05, 0) is 56.2 Å². The van der Waals surface area contributed by atoms with Crippen molar-refractivity contribution in [1.82, 2.24) is 10.6 Å². The molecule has 0 aliphatic heterocycles. The van der Waals surface area contributed by atoms with E-state index in [0.717, 1.165) is 11.1 Å². The van der Waals surface area contributed by atoms with E-state index >= 15 is 0 Å². The third-order valence-electron chi connectivity index (χ3n) is 4.15. The van der Waals surface area contributed by atoms with Gasteiger partial charge in [0.1, 0.15) is 0 Å². The van der Waals surface area contributed by atoms with Crippen molar-refractivity contribution < 1.29 is 19.1 Å². The third kappa shape index (κ3) is 6.79. The first-order valence-corrected chi connectivity index (χ1v) is 9.52. The summed E-state index contributed by atoms with van der Waals surface area (Å²) in [6.45, 7) is 7.73. The minimum Gasteiger partial charge on any atom is -0.462 e. The number of hydrogen-bond acceptors (Lipinski definition) is 6. The molecule has 6 heteroatoms. The fraction of sp³-hybridized carbons (Fsp3) is 0.364. The quantitative estimate of drug-likeness (QED) is 0.484. The average Bonchev–Trinajstić information content (AvgIpc) is 2.72. The first-order valence-electron chi connectivity index (χ1n) is 9.52. The van der Waals surface area contributed by atoms with E-state index in [9.17, 15) is 9.59 Å². The molecule has 28 heavy (non-hydrogen) atoms. The van der Waals surface area contributed by atoms with E-state index in [1.165, 1.54) is 0 Å². The fourth-order valence-corrected chi connectivity index (χ4v) is 2.56. The summed E-state index contributed by atoms with van der Waals surface area (Å²) in [7, 11) is 0. The van der Waals surface area contributed by atoms with E-state index in [4.69, 9.17) is 9.47 Å². The largest absolute Gasteiger partial charge is 0.462 e. The molecule has 2 aromatic carbocycles. The predicted octanol–water partition coefficient (Wildman–Crippen LogP) is 3.27. The Morgan fingerprint density at radius 1 is 0.750 bits per heavy atom. The van der Waals surface area contributed by atoms with E-state index in [2.05, 4.69) is 10.6 Å². The molecule has 0 radical (unpaired) electrons. The maximum Gasteiger partial charge on any atom is 0.338 e. The van der Waals surface area contributed by atoms with E-state index < -0.39 is 0 Å². The van der Waals surface area contributed by atoms with Gasteiger partial charge in [0.05, 0.1) is 30.5 Å². The maximum atomic E-state index is 11.7. The molecule has 0 saturated heterocycles. The molecule has 2 N–H and O–H groups in total. The average molecular weight is 384 g/mol. The Kier molecular flexibility index (Phi) is 8.65. The van der Waals surface area contributed by atoms with Crippen LogP contribution < -0.4 is 10.6 Å². The number of rotatable bonds is 10. The maximum absolute atomic E-state index is 11.7. The summed E-state index contributed by atoms with van der Waals surface area (Å²) in [5.41, 5.74) is 3.28. The van der Waals surface area contributed by atoms with E-state index in [0.29, 0.717) is 37.4 Å². The van der Waals surface area contributed by atoms with Crippen molar-refractivity contribution in [2.75, 3.05) is 13.2 Å². The van der Waals surface area contributed by atoms with Gasteiger partial charge in [-0.1, -0.05) is 24.3 Å². The summed E-state index contributed by atoms with van der Waals surface area (Å²) in [4.78, 5) is 23.3. The van der Waals surface area contributed by atoms with Crippen molar-refractivity contribution in [3.8, 4) is 0 Å². The Bertz CT molecular complexity index is 692. The van der Waals surface area contributed by atoms with Crippen LogP contribution in [0.4, 0.5) is 0 Å². The van der Waals surface area contributed by atoms with Gasteiger partial charge in [0.25, 0.3) is 0 Å². The number of hydrogen-bond donors (Lipinski definition) is 2. The minimum absolute atomic E-state index is 0.0921. The highest BCUT2D eigenvalue weighted by atomic mass is 16.5. The molecule has 0 atom stereocenters. The second kappa shape index (κ2) is 11.2. The molecule has 150 valence electrons. The van der Waals surface area contributed by atoms with Crippen molar-refractivity contribution in [3.63, 3.8) is 0 Å². The van der Waals surface area contributed by atoms with Gasteiger partial charge in [0, 0.05) is 13.1 Å². The molecule has 0 spiro atoms. The summed E-state index contributed by atoms with van der Waals surface area (Å²) in [6, 6.07) is 14.8. The van der Waals surface area contributed by atoms with Gasteiger partial charge in [-0.3, -0.25) is 10.6 Å². The zero-order valence-electron chi connectivity index (χ0n) is 16.7. The molecule has 0 fully saturated rings. The molecule has 6 nitrogen and oxygen atoms in total. The lowest BCUT2D eigenvalue weighted by molar-refractivity contribution is 0.0516. The number of esters is 2. The highest BCUT2D eigenvalue weighted by molar-refractivity contribution is 5.89. The van der Waals surface area contributed by atoms with Crippen LogP contribution in [-0.4, -0.2) is 31.3 Å². The van der Waals surface area contributed by atoms with Crippen LogP contribution in [0.5, 0.6) is 0 Å². The number of nitrogens with one attached hydrogen (secondary N) is 2. The van der Waals surface area contributed by atoms with Gasteiger partial charge in [-0.15, -0.1) is 0 Å². The number of benzene rings is 2. The number of carbonyl (C=O) groups excluding carboxylic acids is 2. The van der Waals surface area contributed by atoms with Gasteiger partial charge < -0.3 is 9.47 Å². The molecule has 2 rings (SSSR count). The Hall–Kier alpha value is -2.70. The molecule has 0 saturated carbocycles. The molecule has 0 heterocycles. The van der Waals surface area contributed by atoms with Crippen LogP contribution in [0.25, 0.3) is 0 Å². The standard InChI is InChI=1S/C22H28N2O4/c1-4-27-21(25)19-10-6-17(7-11-19)14-23-16(3)24-15-18-8-12-20(13-9-18)22(26)28-5-2/h6-13,16,23-24H,4-5,14-15H2,1-3H3. The van der Waals surface area contributed by atoms with Gasteiger partial charge in [0.2, 0.25) is 0 Å². The van der Waals surface area contributed by atoms with Gasteiger partial charge >= 0.3 is 11.9 Å². The monoisotopic (exact) mass is 384 g/mol. The van der Waals surface area contributed by atoms with Crippen molar-refractivity contribution >= 4 is 11.9 Å². The minimum atomic E-state index is -0.300. The van der Waals surface area contributed by atoms with Gasteiger partial charge in [-0.2, -0.15) is 0 Å². The topological polar surface area (TPSA) is 76.7 Å². The summed E-state index contributed by atoms with van der Waals surface area (Å²) in [5.74, 6) is -0.600. The second-order valence-electron chi connectivity index (χ2n) is 6.32. The molecular weight excluding hydrogens is 356 g/mol. The van der Waals surface area contributed by atoms with Crippen LogP contribution in [0.2, 0.25) is 0 Å². The SMILES string of the molecule is CCOC(=O)c1ccc(CNC(C)NCc2ccc(C(=O)OCC)cc2)cc1. The van der Waals surface area contributed by atoms with Crippen LogP contribution >= 0.6 is 0 Å². The highest BCUT2D eigenvalue weighted by Gasteiger charge is 2.08. The molecule has 0 amide bonds. The van der Waals surface area contributed by atoms with Crippen molar-refractivity contribution in [1.29, 1.82) is 0 Å². The van der Waals surface area contributed by atoms with Crippen LogP contribution in [0.15, 0.2) is 48.5 Å². The molecule has 0 aliphatic rings. The molecule has 2 aromatic rings. The van der Waals surface area contributed by atoms with Crippen LogP contribution in [0.1, 0.15) is 52.6 Å². The summed E-state index contributed by atoms with van der Waals surface area (Å²) in [5, 5.41) is 6.78. The van der Waals surface area contributed by atoms with Crippen LogP contribution in [0, 0.1) is 0 Å². The van der Waals surface area contributed by atoms with E-state index in [1.54, 1.807) is 38.1 Å². The Morgan fingerprint density at radius 2 is 1.11 bits per heavy atom. The van der Waals surface area contributed by atoms with Gasteiger partial charge in [0.15, 0.2) is 0 Å². The van der Waals surface area contributed by atoms with E-state index in [1.807, 2.05) is 31.2 Å². The van der Waals surface area contributed by atoms with Crippen molar-refractivity contribution in [2.45, 2.75) is 40.0 Å². The normalized spacial score (nSPS) is 10.7. The Balaban J connectivity index is 1.76. The number of carbonyl (C=O) groups is 2. The number of ether oxygens (including phenoxy) is 2. The summed E-state index contributed by atoms with van der Waals surface area (Å²) < 4.78 is 9.96. The van der Waals surface area contributed by atoms with Crippen molar-refractivity contribution in [3.05, 3.63) is 70.8 Å². The molecule has 0 bridgehead atoms. The van der Waals surface area contributed by atoms with Gasteiger partial charge in [-0.25, -0.2) is 9.59 Å². The Morgan fingerprint density at radius 3 is 1.43 bits per heavy atom. The molecule has 0 unspecified atom stereocenters. The van der Waals surface area contributed by atoms with E-state index in [-0.39, 0.29) is 18.1 Å². The first-order chi connectivity index (χ1) is 13.5. The lowest BCUT2D eigenvalue weighted by Gasteiger charge is -2.16. The lowest BCUT2D eigenvalue weighted by Crippen LogP contribution is -2.38. The zero-order chi connectivity index (χ0) is 20.4.